The van der Waals surface area contributed by atoms with Gasteiger partial charge in [0.25, 0.3) is 5.89 Å². The van der Waals surface area contributed by atoms with Crippen molar-refractivity contribution in [3.8, 4) is 5.75 Å². The quantitative estimate of drug-likeness (QED) is 0.899. The summed E-state index contributed by atoms with van der Waals surface area (Å²) < 4.78 is 11.1. The molecule has 1 heterocycles. The van der Waals surface area contributed by atoms with Crippen LogP contribution in [0.4, 0.5) is 0 Å². The fourth-order valence-corrected chi connectivity index (χ4v) is 3.19. The first-order valence-corrected chi connectivity index (χ1v) is 7.98. The lowest BCUT2D eigenvalue weighted by molar-refractivity contribution is 0.175. The molecule has 1 aliphatic rings. The maximum Gasteiger partial charge on any atom is 0.267 e. The molecule has 0 amide bonds. The van der Waals surface area contributed by atoms with Gasteiger partial charge in [-0.25, -0.2) is 0 Å². The molecule has 7 heteroatoms. The molecule has 2 N–H and O–H groups in total. The Morgan fingerprint density at radius 2 is 1.86 bits per heavy atom. The number of hydrogen-bond acceptors (Lipinski definition) is 5. The van der Waals surface area contributed by atoms with Crippen LogP contribution in [0.3, 0.4) is 0 Å². The normalized spacial score (nSPS) is 18.4. The van der Waals surface area contributed by atoms with E-state index in [1.165, 1.54) is 0 Å². The van der Waals surface area contributed by atoms with E-state index in [0.29, 0.717) is 27.5 Å². The molecule has 1 unspecified atom stereocenters. The van der Waals surface area contributed by atoms with Crippen LogP contribution in [0.2, 0.25) is 10.0 Å². The molecule has 1 aliphatic carbocycles. The fraction of sp³-hybridized carbons (Fsp3) is 0.467. The molecule has 1 saturated carbocycles. The van der Waals surface area contributed by atoms with E-state index >= 15 is 0 Å². The molecule has 5 nitrogen and oxygen atoms in total. The van der Waals surface area contributed by atoms with Crippen molar-refractivity contribution >= 4 is 23.2 Å². The predicted octanol–water partition coefficient (Wildman–Crippen LogP) is 4.24. The molecule has 0 radical (unpaired) electrons. The molecule has 0 aliphatic heterocycles. The third kappa shape index (κ3) is 3.21. The topological polar surface area (TPSA) is 74.2 Å². The molecule has 0 bridgehead atoms. The highest BCUT2D eigenvalue weighted by molar-refractivity contribution is 6.34. The van der Waals surface area contributed by atoms with Crippen LogP contribution in [0.5, 0.6) is 5.75 Å². The largest absolute Gasteiger partial charge is 0.481 e. The van der Waals surface area contributed by atoms with E-state index in [9.17, 15) is 0 Å². The predicted molar refractivity (Wildman–Crippen MR) is 84.1 cm³/mol. The number of nitrogens with two attached hydrogens (primary N) is 1. The Hall–Kier alpha value is -1.30. The number of hydrogen-bond donors (Lipinski definition) is 1. The van der Waals surface area contributed by atoms with Gasteiger partial charge in [0.05, 0.1) is 5.54 Å². The summed E-state index contributed by atoms with van der Waals surface area (Å²) in [5.74, 6) is 1.50. The standard InChI is InChI=1S/C15H17Cl2N3O2/c1-9(21-12-7-10(16)6-11(17)8-12)13-19-14(20-22-13)15(18)4-2-3-5-15/h6-9H,2-5,18H2,1H3. The second-order valence-electron chi connectivity index (χ2n) is 5.68. The summed E-state index contributed by atoms with van der Waals surface area (Å²) in [6.07, 6.45) is 3.53. The van der Waals surface area contributed by atoms with Gasteiger partial charge < -0.3 is 15.0 Å². The van der Waals surface area contributed by atoms with Crippen LogP contribution >= 0.6 is 23.2 Å². The number of benzene rings is 1. The Labute approximate surface area is 138 Å². The lowest BCUT2D eigenvalue weighted by Gasteiger charge is -2.18. The van der Waals surface area contributed by atoms with Crippen LogP contribution in [-0.2, 0) is 5.54 Å². The summed E-state index contributed by atoms with van der Waals surface area (Å²) in [5.41, 5.74) is 5.85. The molecule has 1 atom stereocenters. The van der Waals surface area contributed by atoms with Crippen LogP contribution in [0.15, 0.2) is 22.7 Å². The van der Waals surface area contributed by atoms with Crippen LogP contribution in [0.1, 0.15) is 50.4 Å². The van der Waals surface area contributed by atoms with Crippen molar-refractivity contribution in [2.75, 3.05) is 0 Å². The van der Waals surface area contributed by atoms with E-state index < -0.39 is 11.6 Å². The highest BCUT2D eigenvalue weighted by Crippen LogP contribution is 2.35. The molecule has 0 saturated heterocycles. The molecule has 1 aromatic carbocycles. The third-order valence-electron chi connectivity index (χ3n) is 3.88. The fourth-order valence-electron chi connectivity index (χ4n) is 2.68. The van der Waals surface area contributed by atoms with Gasteiger partial charge in [-0.2, -0.15) is 4.98 Å². The average molecular weight is 342 g/mol. The molecule has 0 spiro atoms. The SMILES string of the molecule is CC(Oc1cc(Cl)cc(Cl)c1)c1nc(C2(N)CCCC2)no1. The van der Waals surface area contributed by atoms with E-state index in [2.05, 4.69) is 10.1 Å². The zero-order valence-corrected chi connectivity index (χ0v) is 13.7. The van der Waals surface area contributed by atoms with Crippen LogP contribution < -0.4 is 10.5 Å². The molecule has 1 fully saturated rings. The van der Waals surface area contributed by atoms with Crippen LogP contribution in [0, 0.1) is 0 Å². The van der Waals surface area contributed by atoms with Gasteiger partial charge in [0.2, 0.25) is 0 Å². The van der Waals surface area contributed by atoms with Gasteiger partial charge in [-0.05, 0) is 38.0 Å². The summed E-state index contributed by atoms with van der Waals surface area (Å²) >= 11 is 11.9. The van der Waals surface area contributed by atoms with Crippen molar-refractivity contribution in [1.29, 1.82) is 0 Å². The number of rotatable bonds is 4. The van der Waals surface area contributed by atoms with Gasteiger partial charge in [-0.15, -0.1) is 0 Å². The number of ether oxygens (including phenoxy) is 1. The Bertz CT molecular complexity index is 648. The van der Waals surface area contributed by atoms with Crippen molar-refractivity contribution in [1.82, 2.24) is 10.1 Å². The minimum atomic E-state index is -0.471. The van der Waals surface area contributed by atoms with Gasteiger partial charge in [-0.1, -0.05) is 41.2 Å². The molecule has 22 heavy (non-hydrogen) atoms. The average Bonchev–Trinajstić information content (AvgIpc) is 3.06. The maximum atomic E-state index is 6.33. The Morgan fingerprint density at radius 3 is 2.50 bits per heavy atom. The lowest BCUT2D eigenvalue weighted by Crippen LogP contribution is -2.34. The molecular weight excluding hydrogens is 325 g/mol. The van der Waals surface area contributed by atoms with Crippen molar-refractivity contribution < 1.29 is 9.26 Å². The highest BCUT2D eigenvalue weighted by Gasteiger charge is 2.36. The van der Waals surface area contributed by atoms with Gasteiger partial charge >= 0.3 is 0 Å². The van der Waals surface area contributed by atoms with Gasteiger partial charge in [-0.3, -0.25) is 0 Å². The van der Waals surface area contributed by atoms with Crippen molar-refractivity contribution in [2.24, 2.45) is 5.73 Å². The smallest absolute Gasteiger partial charge is 0.267 e. The van der Waals surface area contributed by atoms with Gasteiger partial charge in [0.15, 0.2) is 11.9 Å². The minimum absolute atomic E-state index is 0.392. The van der Waals surface area contributed by atoms with E-state index in [1.54, 1.807) is 18.2 Å². The van der Waals surface area contributed by atoms with E-state index in [4.69, 9.17) is 38.2 Å². The molecule has 1 aromatic heterocycles. The Kier molecular flexibility index (Phi) is 4.30. The third-order valence-corrected chi connectivity index (χ3v) is 4.32. The van der Waals surface area contributed by atoms with Crippen molar-refractivity contribution in [3.63, 3.8) is 0 Å². The van der Waals surface area contributed by atoms with Crippen molar-refractivity contribution in [2.45, 2.75) is 44.2 Å². The maximum absolute atomic E-state index is 6.33. The monoisotopic (exact) mass is 341 g/mol. The number of halogens is 2. The minimum Gasteiger partial charge on any atom is -0.481 e. The molecular formula is C15H17Cl2N3O2. The Balaban J connectivity index is 1.75. The molecule has 3 rings (SSSR count). The second-order valence-corrected chi connectivity index (χ2v) is 6.56. The van der Waals surface area contributed by atoms with Gasteiger partial charge in [0.1, 0.15) is 5.75 Å². The van der Waals surface area contributed by atoms with Gasteiger partial charge in [0, 0.05) is 10.0 Å². The van der Waals surface area contributed by atoms with E-state index in [0.717, 1.165) is 25.7 Å². The summed E-state index contributed by atoms with van der Waals surface area (Å²) in [5, 5.41) is 5.04. The first-order valence-electron chi connectivity index (χ1n) is 7.22. The second kappa shape index (κ2) is 6.07. The summed E-state index contributed by atoms with van der Waals surface area (Å²) in [4.78, 5) is 4.41. The zero-order chi connectivity index (χ0) is 15.7. The molecule has 118 valence electrons. The van der Waals surface area contributed by atoms with Crippen molar-refractivity contribution in [3.05, 3.63) is 40.0 Å². The van der Waals surface area contributed by atoms with Crippen LogP contribution in [-0.4, -0.2) is 10.1 Å². The summed E-state index contributed by atoms with van der Waals surface area (Å²) in [6.45, 7) is 1.82. The lowest BCUT2D eigenvalue weighted by atomic mass is 9.99. The number of aromatic nitrogens is 2. The Morgan fingerprint density at radius 1 is 1.23 bits per heavy atom. The van der Waals surface area contributed by atoms with E-state index in [-0.39, 0.29) is 0 Å². The van der Waals surface area contributed by atoms with E-state index in [1.807, 2.05) is 6.92 Å². The number of nitrogens with zero attached hydrogens (tertiary/aromatic N) is 2. The summed E-state index contributed by atoms with van der Waals surface area (Å²) in [7, 11) is 0. The molecule has 2 aromatic rings. The van der Waals surface area contributed by atoms with Crippen LogP contribution in [0.25, 0.3) is 0 Å². The first kappa shape index (κ1) is 15.6. The highest BCUT2D eigenvalue weighted by atomic mass is 35.5. The first-order chi connectivity index (χ1) is 10.5. The zero-order valence-electron chi connectivity index (χ0n) is 12.2. The summed E-state index contributed by atoms with van der Waals surface area (Å²) in [6, 6.07) is 5.01.